The highest BCUT2D eigenvalue weighted by atomic mass is 79.9. The van der Waals surface area contributed by atoms with Crippen LogP contribution < -0.4 is 5.32 Å². The number of carboxylic acids is 1. The third-order valence-corrected chi connectivity index (χ3v) is 3.23. The maximum Gasteiger partial charge on any atom is 0.372 e. The van der Waals surface area contributed by atoms with Gasteiger partial charge in [-0.2, -0.15) is 0 Å². The minimum Gasteiger partial charge on any atom is -0.475 e. The summed E-state index contributed by atoms with van der Waals surface area (Å²) in [4.78, 5) is 10.8. The zero-order chi connectivity index (χ0) is 13.8. The molecule has 0 saturated carbocycles. The normalized spacial score (nSPS) is 10.6. The van der Waals surface area contributed by atoms with Gasteiger partial charge in [-0.1, -0.05) is 28.1 Å². The second-order valence-corrected chi connectivity index (χ2v) is 5.18. The van der Waals surface area contributed by atoms with E-state index in [0.717, 1.165) is 10.0 Å². The largest absolute Gasteiger partial charge is 0.475 e. The average Bonchev–Trinajstić information content (AvgIpc) is 2.73. The first-order valence-corrected chi connectivity index (χ1v) is 6.63. The zero-order valence-corrected chi connectivity index (χ0v) is 12.0. The molecule has 0 fully saturated rings. The minimum absolute atomic E-state index is 0.0143. The fourth-order valence-corrected chi connectivity index (χ4v) is 2.04. The number of benzene rings is 1. The second-order valence-electron chi connectivity index (χ2n) is 4.26. The van der Waals surface area contributed by atoms with Crippen LogP contribution in [0.3, 0.4) is 0 Å². The van der Waals surface area contributed by atoms with Crippen LogP contribution in [0, 0.1) is 6.92 Å². The number of halogens is 1. The summed E-state index contributed by atoms with van der Waals surface area (Å²) in [6, 6.07) is 9.76. The number of hydrogen-bond donors (Lipinski definition) is 2. The molecule has 2 rings (SSSR count). The quantitative estimate of drug-likeness (QED) is 0.885. The van der Waals surface area contributed by atoms with E-state index in [4.69, 9.17) is 9.52 Å². The third kappa shape index (κ3) is 3.68. The lowest BCUT2D eigenvalue weighted by molar-refractivity contribution is 0.0659. The Bertz CT molecular complexity index is 575. The second kappa shape index (κ2) is 6.04. The van der Waals surface area contributed by atoms with Crippen molar-refractivity contribution >= 4 is 21.9 Å². The van der Waals surface area contributed by atoms with E-state index in [1.807, 2.05) is 24.3 Å². The summed E-state index contributed by atoms with van der Waals surface area (Å²) >= 11 is 3.38. The monoisotopic (exact) mass is 323 g/mol. The van der Waals surface area contributed by atoms with Gasteiger partial charge in [-0.05, 0) is 30.7 Å². The molecule has 1 heterocycles. The first-order valence-electron chi connectivity index (χ1n) is 5.84. The van der Waals surface area contributed by atoms with Gasteiger partial charge < -0.3 is 14.8 Å². The molecule has 0 bridgehead atoms. The number of rotatable bonds is 5. The van der Waals surface area contributed by atoms with Crippen LogP contribution in [-0.4, -0.2) is 11.1 Å². The van der Waals surface area contributed by atoms with E-state index in [9.17, 15) is 4.79 Å². The zero-order valence-electron chi connectivity index (χ0n) is 10.4. The van der Waals surface area contributed by atoms with Gasteiger partial charge in [0, 0.05) is 16.6 Å². The molecule has 0 unspecified atom stereocenters. The molecular weight excluding hydrogens is 310 g/mol. The number of carbonyl (C=O) groups is 1. The molecule has 1 aromatic heterocycles. The summed E-state index contributed by atoms with van der Waals surface area (Å²) in [6.45, 7) is 2.94. The third-order valence-electron chi connectivity index (χ3n) is 2.70. The Balaban J connectivity index is 1.90. The lowest BCUT2D eigenvalue weighted by atomic mass is 10.2. The summed E-state index contributed by atoms with van der Waals surface area (Å²) in [5.74, 6) is -0.385. The SMILES string of the molecule is Cc1cc(CNCc2ccc(Br)cc2)oc1C(=O)O. The molecule has 100 valence electrons. The standard InChI is InChI=1S/C14H14BrNO3/c1-9-6-12(19-13(9)14(17)18)8-16-7-10-2-4-11(15)5-3-10/h2-6,16H,7-8H2,1H3,(H,17,18). The van der Waals surface area contributed by atoms with E-state index < -0.39 is 5.97 Å². The number of hydrogen-bond acceptors (Lipinski definition) is 3. The van der Waals surface area contributed by atoms with Gasteiger partial charge >= 0.3 is 5.97 Å². The molecule has 0 spiro atoms. The summed E-state index contributed by atoms with van der Waals surface area (Å²) < 4.78 is 6.31. The van der Waals surface area contributed by atoms with Crippen molar-refractivity contribution in [3.05, 3.63) is 57.5 Å². The van der Waals surface area contributed by atoms with Crippen LogP contribution >= 0.6 is 15.9 Å². The number of nitrogens with one attached hydrogen (secondary N) is 1. The van der Waals surface area contributed by atoms with Crippen molar-refractivity contribution in [1.29, 1.82) is 0 Å². The molecule has 4 nitrogen and oxygen atoms in total. The van der Waals surface area contributed by atoms with Gasteiger partial charge in [-0.25, -0.2) is 4.79 Å². The lowest BCUT2D eigenvalue weighted by Gasteiger charge is -2.03. The van der Waals surface area contributed by atoms with Crippen LogP contribution in [0.25, 0.3) is 0 Å². The lowest BCUT2D eigenvalue weighted by Crippen LogP contribution is -2.12. The molecule has 0 aliphatic heterocycles. The van der Waals surface area contributed by atoms with E-state index in [2.05, 4.69) is 21.2 Å². The van der Waals surface area contributed by atoms with Gasteiger partial charge in [0.1, 0.15) is 5.76 Å². The summed E-state index contributed by atoms with van der Waals surface area (Å²) in [5, 5.41) is 12.1. The van der Waals surface area contributed by atoms with Crippen molar-refractivity contribution in [1.82, 2.24) is 5.32 Å². The maximum atomic E-state index is 10.8. The van der Waals surface area contributed by atoms with Gasteiger partial charge in [0.25, 0.3) is 0 Å². The van der Waals surface area contributed by atoms with Gasteiger partial charge in [0.05, 0.1) is 6.54 Å². The fraction of sp³-hybridized carbons (Fsp3) is 0.214. The molecule has 0 aliphatic carbocycles. The molecule has 0 amide bonds. The van der Waals surface area contributed by atoms with Crippen LogP contribution in [-0.2, 0) is 13.1 Å². The number of aromatic carboxylic acids is 1. The smallest absolute Gasteiger partial charge is 0.372 e. The van der Waals surface area contributed by atoms with Gasteiger partial charge in [0.15, 0.2) is 0 Å². The highest BCUT2D eigenvalue weighted by Crippen LogP contribution is 2.15. The molecule has 5 heteroatoms. The van der Waals surface area contributed by atoms with E-state index in [1.165, 1.54) is 0 Å². The molecule has 1 aromatic carbocycles. The van der Waals surface area contributed by atoms with Gasteiger partial charge in [-0.15, -0.1) is 0 Å². The molecular formula is C14H14BrNO3. The summed E-state index contributed by atoms with van der Waals surface area (Å²) in [6.07, 6.45) is 0. The van der Waals surface area contributed by atoms with Crippen LogP contribution in [0.15, 0.2) is 39.2 Å². The van der Waals surface area contributed by atoms with Crippen molar-refractivity contribution in [3.8, 4) is 0 Å². The Morgan fingerprint density at radius 1 is 1.32 bits per heavy atom. The van der Waals surface area contributed by atoms with E-state index in [1.54, 1.807) is 13.0 Å². The van der Waals surface area contributed by atoms with Crippen LogP contribution in [0.4, 0.5) is 0 Å². The molecule has 0 saturated heterocycles. The van der Waals surface area contributed by atoms with Crippen LogP contribution in [0.1, 0.15) is 27.4 Å². The predicted octanol–water partition coefficient (Wildman–Crippen LogP) is 3.34. The fourth-order valence-electron chi connectivity index (χ4n) is 1.78. The van der Waals surface area contributed by atoms with Crippen molar-refractivity contribution in [2.45, 2.75) is 20.0 Å². The Morgan fingerprint density at radius 3 is 2.58 bits per heavy atom. The Morgan fingerprint density at radius 2 is 2.00 bits per heavy atom. The van der Waals surface area contributed by atoms with E-state index in [-0.39, 0.29) is 5.76 Å². The molecule has 0 aliphatic rings. The number of furan rings is 1. The first-order chi connectivity index (χ1) is 9.06. The average molecular weight is 324 g/mol. The molecule has 0 atom stereocenters. The molecule has 2 N–H and O–H groups in total. The van der Waals surface area contributed by atoms with Crippen LogP contribution in [0.2, 0.25) is 0 Å². The Hall–Kier alpha value is -1.59. The number of aryl methyl sites for hydroxylation is 1. The molecule has 0 radical (unpaired) electrons. The summed E-state index contributed by atoms with van der Waals surface area (Å²) in [5.41, 5.74) is 1.80. The van der Waals surface area contributed by atoms with E-state index in [0.29, 0.717) is 24.4 Å². The highest BCUT2D eigenvalue weighted by Gasteiger charge is 2.13. The first kappa shape index (κ1) is 13.8. The Labute approximate surface area is 119 Å². The van der Waals surface area contributed by atoms with Crippen molar-refractivity contribution in [2.24, 2.45) is 0 Å². The maximum absolute atomic E-state index is 10.8. The molecule has 2 aromatic rings. The van der Waals surface area contributed by atoms with Gasteiger partial charge in [-0.3, -0.25) is 0 Å². The minimum atomic E-state index is -1.03. The number of carboxylic acid groups (broad SMARTS) is 1. The topological polar surface area (TPSA) is 62.5 Å². The Kier molecular flexibility index (Phi) is 4.39. The predicted molar refractivity (Wildman–Crippen MR) is 75.1 cm³/mol. The summed E-state index contributed by atoms with van der Waals surface area (Å²) in [7, 11) is 0. The van der Waals surface area contributed by atoms with Crippen LogP contribution in [0.5, 0.6) is 0 Å². The molecule has 19 heavy (non-hydrogen) atoms. The van der Waals surface area contributed by atoms with Crippen molar-refractivity contribution in [2.75, 3.05) is 0 Å². The highest BCUT2D eigenvalue weighted by molar-refractivity contribution is 9.10. The van der Waals surface area contributed by atoms with E-state index >= 15 is 0 Å². The van der Waals surface area contributed by atoms with Crippen molar-refractivity contribution < 1.29 is 14.3 Å². The van der Waals surface area contributed by atoms with Gasteiger partial charge in [0.2, 0.25) is 5.76 Å². The van der Waals surface area contributed by atoms with Crippen molar-refractivity contribution in [3.63, 3.8) is 0 Å².